The quantitative estimate of drug-likeness (QED) is 0.136. The zero-order chi connectivity index (χ0) is 37.5. The summed E-state index contributed by atoms with van der Waals surface area (Å²) in [6.45, 7) is 0. The topological polar surface area (TPSA) is 38.7 Å². The van der Waals surface area contributed by atoms with Gasteiger partial charge in [-0.3, -0.25) is 0 Å². The predicted molar refractivity (Wildman–Crippen MR) is 206 cm³/mol. The molecule has 10 aromatic rings. The number of aromatic nitrogens is 3. The number of hydrogen-bond acceptors (Lipinski definition) is 3. The van der Waals surface area contributed by atoms with Crippen LogP contribution in [0.1, 0.15) is 8.22 Å². The summed E-state index contributed by atoms with van der Waals surface area (Å²) < 4.78 is 56.3. The van der Waals surface area contributed by atoms with Gasteiger partial charge in [0.1, 0.15) is 0 Å². The Balaban J connectivity index is 1.30. The summed E-state index contributed by atoms with van der Waals surface area (Å²) >= 11 is -0.652. The Morgan fingerprint density at radius 2 is 0.816 bits per heavy atom. The fraction of sp³-hybridized carbons (Fsp3) is 0. The van der Waals surface area contributed by atoms with E-state index in [0.717, 1.165) is 49.0 Å². The third-order valence-corrected chi connectivity index (χ3v) is 11.6. The van der Waals surface area contributed by atoms with Crippen LogP contribution in [0.15, 0.2) is 164 Å². The van der Waals surface area contributed by atoms with E-state index in [0.29, 0.717) is 42.1 Å². The molecule has 0 amide bonds. The third kappa shape index (κ3) is 4.61. The van der Waals surface area contributed by atoms with Gasteiger partial charge >= 0.3 is 298 Å². The van der Waals surface area contributed by atoms with Crippen LogP contribution in [0.25, 0.3) is 96.9 Å². The van der Waals surface area contributed by atoms with Crippen molar-refractivity contribution in [2.24, 2.45) is 0 Å². The number of benzene rings is 8. The minimum atomic E-state index is -0.652. The van der Waals surface area contributed by atoms with Crippen molar-refractivity contribution in [2.45, 2.75) is 0 Å². The summed E-state index contributed by atoms with van der Waals surface area (Å²) in [7, 11) is 0. The van der Waals surface area contributed by atoms with Gasteiger partial charge in [-0.2, -0.15) is 0 Å². The van der Waals surface area contributed by atoms with Gasteiger partial charge in [0.2, 0.25) is 0 Å². The van der Waals surface area contributed by atoms with Crippen LogP contribution in [-0.4, -0.2) is 29.5 Å². The normalized spacial score (nSPS) is 13.4. The van der Waals surface area contributed by atoms with E-state index in [1.165, 1.54) is 0 Å². The SMILES string of the molecule is [2H]c1c([2H])c([2H])c2c([se]c3c(-c4nc(-c5ccccc5)nc(-c5ccccc5)n4)c([2H])c([2H])c([2H])c32)c1-c1ccc2c3ccccc3c3ccccc3c2c1. The summed E-state index contributed by atoms with van der Waals surface area (Å²) in [4.78, 5) is 14.6. The Labute approximate surface area is 297 Å². The van der Waals surface area contributed by atoms with Crippen molar-refractivity contribution in [1.29, 1.82) is 0 Å². The molecule has 0 saturated heterocycles. The molecule has 0 fully saturated rings. The Kier molecular flexibility index (Phi) is 5.24. The van der Waals surface area contributed by atoms with Gasteiger partial charge < -0.3 is 0 Å². The second-order valence-electron chi connectivity index (χ2n) is 11.9. The van der Waals surface area contributed by atoms with Crippen molar-refractivity contribution in [3.63, 3.8) is 0 Å². The molecule has 0 N–H and O–H groups in total. The minimum absolute atomic E-state index is 0.0639. The number of rotatable bonds is 4. The second-order valence-corrected chi connectivity index (χ2v) is 14.0. The van der Waals surface area contributed by atoms with E-state index in [9.17, 15) is 5.48 Å². The standard InChI is InChI=1S/C45H27N3Se/c1-3-13-28(14-4-1)43-46-44(29-15-5-2-6-16-29)48-45(47-43)39-24-12-23-38-37-22-11-21-31(41(37)49-42(38)39)30-25-26-36-34-19-8-7-17-32(34)33-18-9-10-20-35(33)40(36)27-30/h1-27H/i11D,12D,21D,22D,23D,24D. The van der Waals surface area contributed by atoms with Crippen molar-refractivity contribution in [3.8, 4) is 45.3 Å². The molecule has 4 heteroatoms. The van der Waals surface area contributed by atoms with E-state index in [1.807, 2.05) is 91.0 Å². The second kappa shape index (κ2) is 11.3. The average molecular weight is 695 g/mol. The molecular formula is C45H27N3Se. The molecule has 49 heavy (non-hydrogen) atoms. The Bertz CT molecular complexity index is 3130. The van der Waals surface area contributed by atoms with Crippen molar-refractivity contribution in [1.82, 2.24) is 15.0 Å². The molecule has 2 heterocycles. The average Bonchev–Trinajstić information content (AvgIpc) is 3.62. The molecular weight excluding hydrogens is 661 g/mol. The molecule has 0 aliphatic carbocycles. The van der Waals surface area contributed by atoms with Crippen LogP contribution < -0.4 is 0 Å². The summed E-state index contributed by atoms with van der Waals surface area (Å²) in [5, 5.41) is 7.27. The van der Waals surface area contributed by atoms with Gasteiger partial charge in [0.05, 0.1) is 0 Å². The van der Waals surface area contributed by atoms with E-state index in [4.69, 9.17) is 17.7 Å². The van der Waals surface area contributed by atoms with Crippen LogP contribution in [-0.2, 0) is 0 Å². The summed E-state index contributed by atoms with van der Waals surface area (Å²) in [6.07, 6.45) is 0. The van der Waals surface area contributed by atoms with Crippen LogP contribution in [0.2, 0.25) is 0 Å². The molecule has 0 spiro atoms. The first kappa shape index (κ1) is 22.6. The maximum absolute atomic E-state index is 9.30. The van der Waals surface area contributed by atoms with E-state index in [2.05, 4.69) is 36.4 Å². The molecule has 228 valence electrons. The van der Waals surface area contributed by atoms with Crippen molar-refractivity contribution in [3.05, 3.63) is 164 Å². The van der Waals surface area contributed by atoms with Gasteiger partial charge in [0.15, 0.2) is 0 Å². The van der Waals surface area contributed by atoms with E-state index in [1.54, 1.807) is 0 Å². The van der Waals surface area contributed by atoms with E-state index >= 15 is 0 Å². The Morgan fingerprint density at radius 1 is 0.367 bits per heavy atom. The van der Waals surface area contributed by atoms with E-state index in [-0.39, 0.29) is 42.1 Å². The number of hydrogen-bond donors (Lipinski definition) is 0. The third-order valence-electron chi connectivity index (χ3n) is 9.07. The first-order chi connectivity index (χ1) is 26.8. The molecule has 0 unspecified atom stereocenters. The van der Waals surface area contributed by atoms with Gasteiger partial charge in [-0.15, -0.1) is 0 Å². The molecule has 0 bridgehead atoms. The molecule has 0 radical (unpaired) electrons. The van der Waals surface area contributed by atoms with Gasteiger partial charge in [0, 0.05) is 0 Å². The zero-order valence-corrected chi connectivity index (χ0v) is 27.6. The molecule has 2 aromatic heterocycles. The monoisotopic (exact) mass is 695 g/mol. The fourth-order valence-electron chi connectivity index (χ4n) is 6.79. The van der Waals surface area contributed by atoms with Gasteiger partial charge in [-0.05, 0) is 0 Å². The maximum atomic E-state index is 9.30. The zero-order valence-electron chi connectivity index (χ0n) is 31.9. The number of fused-ring (bicyclic) bond motifs is 9. The molecule has 3 nitrogen and oxygen atoms in total. The molecule has 10 rings (SSSR count). The molecule has 0 aliphatic rings. The predicted octanol–water partition coefficient (Wildman–Crippen LogP) is 11.4. The molecule has 0 atom stereocenters. The van der Waals surface area contributed by atoms with Crippen LogP contribution in [0.5, 0.6) is 0 Å². The molecule has 8 aromatic carbocycles. The summed E-state index contributed by atoms with van der Waals surface area (Å²) in [5.41, 5.74) is 3.09. The van der Waals surface area contributed by atoms with Crippen molar-refractivity contribution in [2.75, 3.05) is 0 Å². The van der Waals surface area contributed by atoms with Crippen LogP contribution in [0.4, 0.5) is 0 Å². The fourth-order valence-corrected chi connectivity index (χ4v) is 9.37. The first-order valence-corrected chi connectivity index (χ1v) is 17.7. The molecule has 0 aliphatic heterocycles. The van der Waals surface area contributed by atoms with Gasteiger partial charge in [-0.1, -0.05) is 0 Å². The van der Waals surface area contributed by atoms with Gasteiger partial charge in [-0.25, -0.2) is 0 Å². The van der Waals surface area contributed by atoms with Crippen LogP contribution in [0, 0.1) is 0 Å². The first-order valence-electron chi connectivity index (χ1n) is 19.0. The summed E-state index contributed by atoms with van der Waals surface area (Å²) in [6, 6.07) is 40.6. The van der Waals surface area contributed by atoms with Crippen LogP contribution in [0.3, 0.4) is 0 Å². The van der Waals surface area contributed by atoms with E-state index < -0.39 is 14.5 Å². The number of nitrogens with zero attached hydrogens (tertiary/aromatic N) is 3. The molecule has 0 saturated carbocycles. The van der Waals surface area contributed by atoms with Crippen molar-refractivity contribution >= 4 is 66.1 Å². The van der Waals surface area contributed by atoms with Gasteiger partial charge in [0.25, 0.3) is 0 Å². The van der Waals surface area contributed by atoms with Crippen LogP contribution >= 0.6 is 0 Å². The summed E-state index contributed by atoms with van der Waals surface area (Å²) in [5.74, 6) is 1.01. The Hall–Kier alpha value is -5.93. The Morgan fingerprint density at radius 3 is 1.39 bits per heavy atom. The van der Waals surface area contributed by atoms with Crippen molar-refractivity contribution < 1.29 is 8.22 Å².